The number of epoxide rings is 1. The number of fused-ring (bicyclic) bond motifs is 2. The summed E-state index contributed by atoms with van der Waals surface area (Å²) < 4.78 is 5.48. The summed E-state index contributed by atoms with van der Waals surface area (Å²) in [4.78, 5) is 11.4. The molecule has 0 aromatic heterocycles. The van der Waals surface area contributed by atoms with Crippen LogP contribution in [0.4, 0.5) is 0 Å². The molecular weight excluding hydrogens is 170 g/mol. The standard InChI is InChI=1S/C9H13NO3/c1-8-2-5-4-10-7(11)9(5,12)3-6(8)13-8/h5-6,12H,2-4H2,1H3,(H,10,11)/t5-,6?,8+,9+/m0/s1. The van der Waals surface area contributed by atoms with E-state index in [1.54, 1.807) is 0 Å². The third kappa shape index (κ3) is 0.802. The van der Waals surface area contributed by atoms with Gasteiger partial charge in [0.25, 0.3) is 5.91 Å². The van der Waals surface area contributed by atoms with Crippen molar-refractivity contribution < 1.29 is 14.6 Å². The minimum atomic E-state index is -1.14. The van der Waals surface area contributed by atoms with Crippen LogP contribution in [0.3, 0.4) is 0 Å². The van der Waals surface area contributed by atoms with E-state index in [0.717, 1.165) is 6.42 Å². The molecule has 4 nitrogen and oxygen atoms in total. The highest BCUT2D eigenvalue weighted by Crippen LogP contribution is 2.54. The van der Waals surface area contributed by atoms with Gasteiger partial charge in [-0.1, -0.05) is 0 Å². The molecule has 4 heteroatoms. The number of hydrogen-bond donors (Lipinski definition) is 2. The van der Waals surface area contributed by atoms with E-state index in [1.807, 2.05) is 0 Å². The lowest BCUT2D eigenvalue weighted by Crippen LogP contribution is -2.48. The van der Waals surface area contributed by atoms with E-state index in [4.69, 9.17) is 4.74 Å². The molecule has 0 spiro atoms. The summed E-state index contributed by atoms with van der Waals surface area (Å²) in [6.45, 7) is 2.65. The van der Waals surface area contributed by atoms with Crippen LogP contribution >= 0.6 is 0 Å². The van der Waals surface area contributed by atoms with Gasteiger partial charge >= 0.3 is 0 Å². The second-order valence-electron chi connectivity index (χ2n) is 4.66. The quantitative estimate of drug-likeness (QED) is 0.494. The Morgan fingerprint density at radius 2 is 2.38 bits per heavy atom. The molecule has 2 heterocycles. The fourth-order valence-electron chi connectivity index (χ4n) is 2.72. The Labute approximate surface area is 76.3 Å². The lowest BCUT2D eigenvalue weighted by Gasteiger charge is -2.31. The first-order valence-electron chi connectivity index (χ1n) is 4.73. The molecule has 0 aromatic carbocycles. The molecule has 0 aromatic rings. The summed E-state index contributed by atoms with van der Waals surface area (Å²) >= 11 is 0. The van der Waals surface area contributed by atoms with E-state index in [9.17, 15) is 9.90 Å². The maximum absolute atomic E-state index is 11.4. The zero-order valence-corrected chi connectivity index (χ0v) is 7.54. The van der Waals surface area contributed by atoms with Crippen molar-refractivity contribution in [3.05, 3.63) is 0 Å². The zero-order valence-electron chi connectivity index (χ0n) is 7.54. The van der Waals surface area contributed by atoms with Crippen molar-refractivity contribution >= 4 is 5.91 Å². The number of hydrogen-bond acceptors (Lipinski definition) is 3. The molecule has 3 aliphatic rings. The van der Waals surface area contributed by atoms with Crippen LogP contribution in [-0.4, -0.2) is 34.9 Å². The van der Waals surface area contributed by atoms with Crippen molar-refractivity contribution in [1.29, 1.82) is 0 Å². The number of nitrogens with one attached hydrogen (secondary N) is 1. The number of amides is 1. The van der Waals surface area contributed by atoms with Gasteiger partial charge in [-0.05, 0) is 13.3 Å². The van der Waals surface area contributed by atoms with E-state index in [0.29, 0.717) is 13.0 Å². The fraction of sp³-hybridized carbons (Fsp3) is 0.889. The molecule has 2 saturated heterocycles. The monoisotopic (exact) mass is 183 g/mol. The van der Waals surface area contributed by atoms with E-state index >= 15 is 0 Å². The van der Waals surface area contributed by atoms with Crippen LogP contribution in [0.2, 0.25) is 0 Å². The number of carbonyl (C=O) groups is 1. The molecule has 2 aliphatic heterocycles. The lowest BCUT2D eigenvalue weighted by molar-refractivity contribution is -0.140. The summed E-state index contributed by atoms with van der Waals surface area (Å²) in [6, 6.07) is 0. The molecular formula is C9H13NO3. The average Bonchev–Trinajstić information content (AvgIpc) is 2.62. The smallest absolute Gasteiger partial charge is 0.252 e. The third-order valence-electron chi connectivity index (χ3n) is 3.76. The minimum Gasteiger partial charge on any atom is -0.380 e. The number of ether oxygens (including phenoxy) is 1. The summed E-state index contributed by atoms with van der Waals surface area (Å²) in [7, 11) is 0. The highest BCUT2D eigenvalue weighted by molar-refractivity contribution is 5.88. The van der Waals surface area contributed by atoms with Crippen LogP contribution in [0, 0.1) is 5.92 Å². The number of rotatable bonds is 0. The highest BCUT2D eigenvalue weighted by Gasteiger charge is 2.66. The van der Waals surface area contributed by atoms with Crippen LogP contribution in [0.5, 0.6) is 0 Å². The third-order valence-corrected chi connectivity index (χ3v) is 3.76. The van der Waals surface area contributed by atoms with Crippen LogP contribution in [0.15, 0.2) is 0 Å². The predicted octanol–water partition coefficient (Wildman–Crippen LogP) is -0.585. The second kappa shape index (κ2) is 1.91. The SMILES string of the molecule is C[C@@]12C[C@H]3CNC(=O)[C@@]3(O)CC1O2. The van der Waals surface area contributed by atoms with E-state index in [-0.39, 0.29) is 23.5 Å². The van der Waals surface area contributed by atoms with Crippen molar-refractivity contribution in [3.8, 4) is 0 Å². The topological polar surface area (TPSA) is 61.9 Å². The van der Waals surface area contributed by atoms with Gasteiger partial charge in [-0.3, -0.25) is 4.79 Å². The van der Waals surface area contributed by atoms with E-state index < -0.39 is 5.60 Å². The van der Waals surface area contributed by atoms with E-state index in [1.165, 1.54) is 0 Å². The Hall–Kier alpha value is -0.610. The number of aliphatic hydroxyl groups is 1. The van der Waals surface area contributed by atoms with Crippen molar-refractivity contribution in [1.82, 2.24) is 5.32 Å². The average molecular weight is 183 g/mol. The molecule has 3 rings (SSSR count). The van der Waals surface area contributed by atoms with Crippen LogP contribution < -0.4 is 5.32 Å². The normalized spacial score (nSPS) is 58.2. The van der Waals surface area contributed by atoms with Gasteiger partial charge in [-0.15, -0.1) is 0 Å². The van der Waals surface area contributed by atoms with Gasteiger partial charge in [0.1, 0.15) is 5.60 Å². The summed E-state index contributed by atoms with van der Waals surface area (Å²) in [5.74, 6) is -0.168. The zero-order chi connectivity index (χ0) is 9.27. The van der Waals surface area contributed by atoms with Crippen LogP contribution in [0.1, 0.15) is 19.8 Å². The Balaban J connectivity index is 1.93. The van der Waals surface area contributed by atoms with E-state index in [2.05, 4.69) is 12.2 Å². The first kappa shape index (κ1) is 7.76. The molecule has 0 bridgehead atoms. The molecule has 1 aliphatic carbocycles. The Morgan fingerprint density at radius 3 is 3.15 bits per heavy atom. The highest BCUT2D eigenvalue weighted by atomic mass is 16.6. The van der Waals surface area contributed by atoms with Crippen molar-refractivity contribution in [2.75, 3.05) is 6.54 Å². The summed E-state index contributed by atoms with van der Waals surface area (Å²) in [5.41, 5.74) is -1.19. The minimum absolute atomic E-state index is 0.0451. The molecule has 1 amide bonds. The molecule has 72 valence electrons. The Bertz CT molecular complexity index is 293. The maximum atomic E-state index is 11.4. The maximum Gasteiger partial charge on any atom is 0.252 e. The van der Waals surface area contributed by atoms with Crippen molar-refractivity contribution in [3.63, 3.8) is 0 Å². The summed E-state index contributed by atoms with van der Waals surface area (Å²) in [5, 5.41) is 12.8. The first-order chi connectivity index (χ1) is 6.05. The number of carbonyl (C=O) groups excluding carboxylic acids is 1. The van der Waals surface area contributed by atoms with Gasteiger partial charge in [0, 0.05) is 18.9 Å². The van der Waals surface area contributed by atoms with Gasteiger partial charge in [0.2, 0.25) is 0 Å². The predicted molar refractivity (Wildman–Crippen MR) is 44.0 cm³/mol. The largest absolute Gasteiger partial charge is 0.380 e. The van der Waals surface area contributed by atoms with Gasteiger partial charge in [0.05, 0.1) is 11.7 Å². The van der Waals surface area contributed by atoms with Crippen molar-refractivity contribution in [2.45, 2.75) is 37.1 Å². The van der Waals surface area contributed by atoms with Crippen LogP contribution in [-0.2, 0) is 9.53 Å². The molecule has 4 atom stereocenters. The Morgan fingerprint density at radius 1 is 1.62 bits per heavy atom. The Kier molecular flexibility index (Phi) is 1.14. The molecule has 1 saturated carbocycles. The van der Waals surface area contributed by atoms with Crippen molar-refractivity contribution in [2.24, 2.45) is 5.92 Å². The molecule has 2 N–H and O–H groups in total. The molecule has 3 fully saturated rings. The lowest BCUT2D eigenvalue weighted by atomic mass is 9.73. The van der Waals surface area contributed by atoms with Gasteiger partial charge < -0.3 is 15.2 Å². The second-order valence-corrected chi connectivity index (χ2v) is 4.66. The van der Waals surface area contributed by atoms with Gasteiger partial charge in [-0.2, -0.15) is 0 Å². The summed E-state index contributed by atoms with van der Waals surface area (Å²) in [6.07, 6.45) is 1.37. The molecule has 0 radical (unpaired) electrons. The molecule has 13 heavy (non-hydrogen) atoms. The van der Waals surface area contributed by atoms with Gasteiger partial charge in [0.15, 0.2) is 0 Å². The van der Waals surface area contributed by atoms with Gasteiger partial charge in [-0.25, -0.2) is 0 Å². The fourth-order valence-corrected chi connectivity index (χ4v) is 2.72. The first-order valence-corrected chi connectivity index (χ1v) is 4.73. The molecule has 1 unspecified atom stereocenters. The van der Waals surface area contributed by atoms with Crippen LogP contribution in [0.25, 0.3) is 0 Å².